The van der Waals surface area contributed by atoms with Crippen molar-refractivity contribution < 1.29 is 32.9 Å². The van der Waals surface area contributed by atoms with Crippen molar-refractivity contribution in [3.05, 3.63) is 24.3 Å². The minimum absolute atomic E-state index is 0.0576. The van der Waals surface area contributed by atoms with Gasteiger partial charge in [-0.1, -0.05) is 250 Å². The molecular formula is C53H106N2O6P+. The lowest BCUT2D eigenvalue weighted by Gasteiger charge is -2.25. The number of nitrogens with one attached hydrogen (secondary N) is 1. The fraction of sp³-hybridized carbons (Fsp3) is 0.906. The highest BCUT2D eigenvalue weighted by molar-refractivity contribution is 7.47. The molecule has 0 saturated heterocycles. The van der Waals surface area contributed by atoms with Gasteiger partial charge in [0.1, 0.15) is 13.2 Å². The number of unbranched alkanes of at least 4 members (excludes halogenated alkanes) is 34. The van der Waals surface area contributed by atoms with Gasteiger partial charge in [0.2, 0.25) is 5.91 Å². The first kappa shape index (κ1) is 61.0. The van der Waals surface area contributed by atoms with Crippen LogP contribution in [0.1, 0.15) is 258 Å². The Labute approximate surface area is 385 Å². The Bertz CT molecular complexity index is 1060. The maximum Gasteiger partial charge on any atom is 0.472 e. The Morgan fingerprint density at radius 2 is 0.887 bits per heavy atom. The molecule has 0 aromatic carbocycles. The van der Waals surface area contributed by atoms with Crippen molar-refractivity contribution in [2.45, 2.75) is 270 Å². The lowest BCUT2D eigenvalue weighted by atomic mass is 10.0. The number of carbonyl (C=O) groups is 1. The largest absolute Gasteiger partial charge is 0.472 e. The van der Waals surface area contributed by atoms with Crippen molar-refractivity contribution in [2.75, 3.05) is 40.9 Å². The number of hydrogen-bond acceptors (Lipinski definition) is 5. The minimum Gasteiger partial charge on any atom is -0.387 e. The summed E-state index contributed by atoms with van der Waals surface area (Å²) in [6.45, 7) is 4.70. The van der Waals surface area contributed by atoms with Crippen LogP contribution < -0.4 is 5.32 Å². The molecule has 0 aromatic heterocycles. The third-order valence-electron chi connectivity index (χ3n) is 12.2. The third kappa shape index (κ3) is 47.0. The van der Waals surface area contributed by atoms with Crippen LogP contribution in [0.3, 0.4) is 0 Å². The summed E-state index contributed by atoms with van der Waals surface area (Å²) in [6, 6.07) is -0.856. The first-order valence-electron chi connectivity index (χ1n) is 26.7. The number of phosphoric ester groups is 1. The highest BCUT2D eigenvalue weighted by atomic mass is 31.2. The zero-order valence-corrected chi connectivity index (χ0v) is 42.8. The average Bonchev–Trinajstić information content (AvgIpc) is 3.23. The van der Waals surface area contributed by atoms with E-state index in [1.165, 1.54) is 193 Å². The van der Waals surface area contributed by atoms with E-state index in [1.807, 2.05) is 27.2 Å². The minimum atomic E-state index is -4.33. The maximum absolute atomic E-state index is 12.8. The molecule has 0 saturated carbocycles. The zero-order chi connectivity index (χ0) is 45.7. The van der Waals surface area contributed by atoms with E-state index in [-0.39, 0.29) is 19.1 Å². The first-order chi connectivity index (χ1) is 30.0. The maximum atomic E-state index is 12.8. The van der Waals surface area contributed by atoms with E-state index in [1.54, 1.807) is 6.08 Å². The highest BCUT2D eigenvalue weighted by Gasteiger charge is 2.27. The number of allylic oxidation sites excluding steroid dienone is 3. The van der Waals surface area contributed by atoms with Gasteiger partial charge in [0.05, 0.1) is 39.9 Å². The number of phosphoric acid groups is 1. The lowest BCUT2D eigenvalue weighted by molar-refractivity contribution is -0.870. The number of nitrogens with zero attached hydrogens (tertiary/aromatic N) is 1. The van der Waals surface area contributed by atoms with Gasteiger partial charge in [-0.25, -0.2) is 4.57 Å². The van der Waals surface area contributed by atoms with Crippen molar-refractivity contribution in [1.29, 1.82) is 0 Å². The van der Waals surface area contributed by atoms with Crippen LogP contribution in [-0.2, 0) is 18.4 Å². The van der Waals surface area contributed by atoms with Crippen molar-refractivity contribution in [2.24, 2.45) is 0 Å². The van der Waals surface area contributed by atoms with Gasteiger partial charge in [0.25, 0.3) is 0 Å². The summed E-state index contributed by atoms with van der Waals surface area (Å²) < 4.78 is 23.5. The molecule has 0 aromatic rings. The summed E-state index contributed by atoms with van der Waals surface area (Å²) in [5.74, 6) is -0.187. The van der Waals surface area contributed by atoms with Gasteiger partial charge in [-0.15, -0.1) is 0 Å². The summed E-state index contributed by atoms with van der Waals surface area (Å²) in [7, 11) is 1.56. The van der Waals surface area contributed by atoms with Gasteiger partial charge in [-0.05, 0) is 25.7 Å². The summed E-state index contributed by atoms with van der Waals surface area (Å²) in [4.78, 5) is 23.0. The van der Waals surface area contributed by atoms with E-state index in [9.17, 15) is 19.4 Å². The molecule has 0 radical (unpaired) electrons. The van der Waals surface area contributed by atoms with Crippen LogP contribution in [0.15, 0.2) is 24.3 Å². The molecule has 9 heteroatoms. The lowest BCUT2D eigenvalue weighted by Crippen LogP contribution is -2.45. The van der Waals surface area contributed by atoms with Gasteiger partial charge in [0.15, 0.2) is 0 Å². The van der Waals surface area contributed by atoms with Crippen LogP contribution in [0, 0.1) is 0 Å². The molecular weight excluding hydrogens is 792 g/mol. The zero-order valence-electron chi connectivity index (χ0n) is 41.9. The molecule has 0 fully saturated rings. The normalized spacial score (nSPS) is 14.2. The smallest absolute Gasteiger partial charge is 0.387 e. The van der Waals surface area contributed by atoms with Gasteiger partial charge in [0, 0.05) is 6.42 Å². The fourth-order valence-corrected chi connectivity index (χ4v) is 8.69. The van der Waals surface area contributed by atoms with Crippen LogP contribution in [0.5, 0.6) is 0 Å². The van der Waals surface area contributed by atoms with Crippen molar-refractivity contribution >= 4 is 13.7 Å². The number of amides is 1. The molecule has 0 aliphatic heterocycles. The van der Waals surface area contributed by atoms with E-state index in [4.69, 9.17) is 9.05 Å². The Kier molecular flexibility index (Phi) is 44.4. The van der Waals surface area contributed by atoms with Crippen LogP contribution in [0.4, 0.5) is 0 Å². The van der Waals surface area contributed by atoms with Gasteiger partial charge < -0.3 is 19.8 Å². The monoisotopic (exact) mass is 898 g/mol. The number of rotatable bonds is 49. The predicted molar refractivity (Wildman–Crippen MR) is 268 cm³/mol. The van der Waals surface area contributed by atoms with Gasteiger partial charge in [-0.2, -0.15) is 0 Å². The number of aliphatic hydroxyl groups excluding tert-OH is 1. The topological polar surface area (TPSA) is 105 Å². The number of aliphatic hydroxyl groups is 1. The summed E-state index contributed by atoms with van der Waals surface area (Å²) in [6.07, 6.45) is 56.2. The van der Waals surface area contributed by atoms with Crippen molar-refractivity contribution in [3.8, 4) is 0 Å². The van der Waals surface area contributed by atoms with Crippen LogP contribution in [-0.4, -0.2) is 73.4 Å². The molecule has 0 bridgehead atoms. The van der Waals surface area contributed by atoms with Crippen LogP contribution in [0.25, 0.3) is 0 Å². The Morgan fingerprint density at radius 1 is 0.532 bits per heavy atom. The number of carbonyl (C=O) groups excluding carboxylic acids is 1. The van der Waals surface area contributed by atoms with Crippen molar-refractivity contribution in [1.82, 2.24) is 5.32 Å². The van der Waals surface area contributed by atoms with E-state index in [2.05, 4.69) is 31.3 Å². The van der Waals surface area contributed by atoms with Crippen LogP contribution in [0.2, 0.25) is 0 Å². The molecule has 62 heavy (non-hydrogen) atoms. The molecule has 0 rings (SSSR count). The number of hydrogen-bond donors (Lipinski definition) is 3. The molecule has 0 spiro atoms. The fourth-order valence-electron chi connectivity index (χ4n) is 7.95. The molecule has 3 unspecified atom stereocenters. The molecule has 368 valence electrons. The first-order valence-corrected chi connectivity index (χ1v) is 28.2. The molecule has 1 amide bonds. The molecule has 3 atom stereocenters. The summed E-state index contributed by atoms with van der Waals surface area (Å²) in [5.41, 5.74) is 0. The Hall–Kier alpha value is -1.02. The highest BCUT2D eigenvalue weighted by Crippen LogP contribution is 2.43. The van der Waals surface area contributed by atoms with E-state index >= 15 is 0 Å². The quantitative estimate of drug-likeness (QED) is 0.0243. The van der Waals surface area contributed by atoms with E-state index < -0.39 is 20.0 Å². The SMILES string of the molecule is CCC/C=C/CC/C=C/C(O)C(COP(=O)(O)OCC[N+](C)(C)C)NC(=O)CCCCCCCCCCCCCCCCCCCCCCCCCCCCCCCCCCC. The number of likely N-dealkylation sites (N-methyl/N-ethyl adjacent to an activating group) is 1. The van der Waals surface area contributed by atoms with E-state index in [0.29, 0.717) is 17.4 Å². The molecule has 0 aliphatic carbocycles. The molecule has 3 N–H and O–H groups in total. The van der Waals surface area contributed by atoms with Crippen LogP contribution >= 0.6 is 7.82 Å². The average molecular weight is 898 g/mol. The van der Waals surface area contributed by atoms with Gasteiger partial charge >= 0.3 is 7.82 Å². The Balaban J connectivity index is 3.81. The second-order valence-electron chi connectivity index (χ2n) is 19.6. The predicted octanol–water partition coefficient (Wildman–Crippen LogP) is 15.6. The second-order valence-corrected chi connectivity index (χ2v) is 21.1. The Morgan fingerprint density at radius 3 is 1.26 bits per heavy atom. The van der Waals surface area contributed by atoms with Crippen molar-refractivity contribution in [3.63, 3.8) is 0 Å². The summed E-state index contributed by atoms with van der Waals surface area (Å²) >= 11 is 0. The molecule has 0 heterocycles. The van der Waals surface area contributed by atoms with E-state index in [0.717, 1.165) is 44.9 Å². The molecule has 0 aliphatic rings. The molecule has 8 nitrogen and oxygen atoms in total. The third-order valence-corrected chi connectivity index (χ3v) is 13.1. The van der Waals surface area contributed by atoms with Gasteiger partial charge in [-0.3, -0.25) is 13.8 Å². The second kappa shape index (κ2) is 45.1. The summed E-state index contributed by atoms with van der Waals surface area (Å²) in [5, 5.41) is 13.7. The standard InChI is InChI=1S/C53H105N2O6P/c1-6-8-10-12-14-15-16-17-18-19-20-21-22-23-24-25-26-27-28-29-30-31-32-33-34-35-36-37-38-39-41-43-45-47-53(57)54-51(52(56)46-44-42-40-13-11-9-7-2)50-61-62(58,59)60-49-48-55(3,4)5/h11,13,44,46,51-52,56H,6-10,12,14-43,45,47-50H2,1-5H3,(H-,54,57,58,59)/p+1/b13-11+,46-44+. The number of quaternary nitrogens is 1.